The number of hydrogen-bond donors (Lipinski definition) is 2. The monoisotopic (exact) mass is 331 g/mol. The molecule has 0 unspecified atom stereocenters. The van der Waals surface area contributed by atoms with Gasteiger partial charge in [0.2, 0.25) is 0 Å². The Balaban J connectivity index is 1.59. The van der Waals surface area contributed by atoms with E-state index in [1.807, 2.05) is 48.5 Å². The van der Waals surface area contributed by atoms with Crippen LogP contribution in [0.2, 0.25) is 0 Å². The maximum atomic E-state index is 12.2. The van der Waals surface area contributed by atoms with Crippen LogP contribution in [0.1, 0.15) is 26.4 Å². The summed E-state index contributed by atoms with van der Waals surface area (Å²) in [6.07, 6.45) is 1.68. The van der Waals surface area contributed by atoms with Gasteiger partial charge in [0, 0.05) is 23.0 Å². The molecule has 2 amide bonds. The van der Waals surface area contributed by atoms with E-state index < -0.39 is 0 Å². The number of rotatable bonds is 5. The normalized spacial score (nSPS) is 10.1. The first-order valence-corrected chi connectivity index (χ1v) is 7.87. The molecule has 2 N–H and O–H groups in total. The van der Waals surface area contributed by atoms with Crippen molar-refractivity contribution in [3.05, 3.63) is 95.8 Å². The topological polar surface area (TPSA) is 71.1 Å². The Morgan fingerprint density at radius 2 is 1.40 bits per heavy atom. The van der Waals surface area contributed by atoms with Crippen LogP contribution in [0.25, 0.3) is 0 Å². The lowest BCUT2D eigenvalue weighted by atomic mass is 10.1. The predicted octanol–water partition coefficient (Wildman–Crippen LogP) is 3.26. The molecule has 0 atom stereocenters. The lowest BCUT2D eigenvalue weighted by Crippen LogP contribution is -2.23. The van der Waals surface area contributed by atoms with Gasteiger partial charge in [-0.05, 0) is 48.5 Å². The van der Waals surface area contributed by atoms with Gasteiger partial charge in [-0.3, -0.25) is 14.6 Å². The largest absolute Gasteiger partial charge is 0.346 e. The summed E-state index contributed by atoms with van der Waals surface area (Å²) in [5.74, 6) is -0.424. The summed E-state index contributed by atoms with van der Waals surface area (Å²) in [5, 5.41) is 5.61. The first-order chi connectivity index (χ1) is 12.2. The van der Waals surface area contributed by atoms with E-state index >= 15 is 0 Å². The SMILES string of the molecule is O=C(NCc1ccccn1)c1ccc(C(=O)Nc2ccccc2)cc1. The smallest absolute Gasteiger partial charge is 0.255 e. The van der Waals surface area contributed by atoms with Crippen molar-refractivity contribution in [1.82, 2.24) is 10.3 Å². The summed E-state index contributed by atoms with van der Waals surface area (Å²) >= 11 is 0. The highest BCUT2D eigenvalue weighted by atomic mass is 16.2. The maximum absolute atomic E-state index is 12.2. The lowest BCUT2D eigenvalue weighted by molar-refractivity contribution is 0.0948. The first kappa shape index (κ1) is 16.4. The molecule has 1 heterocycles. The van der Waals surface area contributed by atoms with Crippen molar-refractivity contribution in [2.75, 3.05) is 5.32 Å². The number of nitrogens with zero attached hydrogens (tertiary/aromatic N) is 1. The minimum absolute atomic E-state index is 0.208. The van der Waals surface area contributed by atoms with Crippen LogP contribution in [0, 0.1) is 0 Å². The quantitative estimate of drug-likeness (QED) is 0.754. The van der Waals surface area contributed by atoms with Gasteiger partial charge in [0.15, 0.2) is 0 Å². The summed E-state index contributed by atoms with van der Waals surface area (Å²) in [5.41, 5.74) is 2.50. The second-order valence-corrected chi connectivity index (χ2v) is 5.40. The van der Waals surface area contributed by atoms with Crippen LogP contribution in [-0.2, 0) is 6.54 Å². The Morgan fingerprint density at radius 1 is 0.760 bits per heavy atom. The number of amides is 2. The van der Waals surface area contributed by atoms with E-state index in [9.17, 15) is 9.59 Å². The Labute approximate surface area is 145 Å². The molecule has 0 saturated heterocycles. The maximum Gasteiger partial charge on any atom is 0.255 e. The van der Waals surface area contributed by atoms with Crippen LogP contribution in [0.5, 0.6) is 0 Å². The molecule has 0 aliphatic rings. The van der Waals surface area contributed by atoms with Gasteiger partial charge in [0.05, 0.1) is 12.2 Å². The Bertz CT molecular complexity index is 847. The van der Waals surface area contributed by atoms with Gasteiger partial charge in [-0.25, -0.2) is 0 Å². The van der Waals surface area contributed by atoms with Crippen LogP contribution < -0.4 is 10.6 Å². The van der Waals surface area contributed by atoms with Gasteiger partial charge >= 0.3 is 0 Å². The number of benzene rings is 2. The number of hydrogen-bond acceptors (Lipinski definition) is 3. The fourth-order valence-corrected chi connectivity index (χ4v) is 2.27. The van der Waals surface area contributed by atoms with E-state index in [1.165, 1.54) is 0 Å². The molecule has 0 aliphatic carbocycles. The highest BCUT2D eigenvalue weighted by molar-refractivity contribution is 6.05. The molecule has 0 radical (unpaired) electrons. The number of carbonyl (C=O) groups excluding carboxylic acids is 2. The van der Waals surface area contributed by atoms with Gasteiger partial charge in [-0.1, -0.05) is 24.3 Å². The Morgan fingerprint density at radius 3 is 2.04 bits per heavy atom. The number of aromatic nitrogens is 1. The molecule has 3 aromatic rings. The van der Waals surface area contributed by atoms with Crippen molar-refractivity contribution in [3.63, 3.8) is 0 Å². The summed E-state index contributed by atoms with van der Waals surface area (Å²) in [6, 6.07) is 21.3. The summed E-state index contributed by atoms with van der Waals surface area (Å²) in [4.78, 5) is 28.5. The van der Waals surface area contributed by atoms with E-state index in [1.54, 1.807) is 30.5 Å². The Hall–Kier alpha value is -3.47. The molecule has 0 fully saturated rings. The summed E-state index contributed by atoms with van der Waals surface area (Å²) in [6.45, 7) is 0.357. The zero-order valence-electron chi connectivity index (χ0n) is 13.5. The van der Waals surface area contributed by atoms with Crippen molar-refractivity contribution >= 4 is 17.5 Å². The second-order valence-electron chi connectivity index (χ2n) is 5.40. The van der Waals surface area contributed by atoms with E-state index in [0.29, 0.717) is 17.7 Å². The number of para-hydroxylation sites is 1. The van der Waals surface area contributed by atoms with E-state index in [-0.39, 0.29) is 11.8 Å². The third kappa shape index (κ3) is 4.51. The third-order valence-electron chi connectivity index (χ3n) is 3.60. The fraction of sp³-hybridized carbons (Fsp3) is 0.0500. The highest BCUT2D eigenvalue weighted by Gasteiger charge is 2.09. The minimum Gasteiger partial charge on any atom is -0.346 e. The first-order valence-electron chi connectivity index (χ1n) is 7.87. The van der Waals surface area contributed by atoms with E-state index in [0.717, 1.165) is 11.4 Å². The standard InChI is InChI=1S/C20H17N3O2/c24-19(22-14-18-8-4-5-13-21-18)15-9-11-16(12-10-15)20(25)23-17-6-2-1-3-7-17/h1-13H,14H2,(H,22,24)(H,23,25). The third-order valence-corrected chi connectivity index (χ3v) is 3.60. The fourth-order valence-electron chi connectivity index (χ4n) is 2.27. The molecule has 124 valence electrons. The summed E-state index contributed by atoms with van der Waals surface area (Å²) in [7, 11) is 0. The van der Waals surface area contributed by atoms with Crippen LogP contribution in [0.3, 0.4) is 0 Å². The molecule has 25 heavy (non-hydrogen) atoms. The van der Waals surface area contributed by atoms with Crippen molar-refractivity contribution in [1.29, 1.82) is 0 Å². The van der Waals surface area contributed by atoms with Gasteiger partial charge in [-0.15, -0.1) is 0 Å². The number of anilines is 1. The van der Waals surface area contributed by atoms with E-state index in [4.69, 9.17) is 0 Å². The van der Waals surface area contributed by atoms with Crippen molar-refractivity contribution in [2.24, 2.45) is 0 Å². The van der Waals surface area contributed by atoms with Crippen LogP contribution in [0.4, 0.5) is 5.69 Å². The number of carbonyl (C=O) groups is 2. The molecule has 0 spiro atoms. The molecule has 0 saturated carbocycles. The van der Waals surface area contributed by atoms with Crippen molar-refractivity contribution < 1.29 is 9.59 Å². The van der Waals surface area contributed by atoms with Crippen LogP contribution in [-0.4, -0.2) is 16.8 Å². The molecular weight excluding hydrogens is 314 g/mol. The molecule has 0 bridgehead atoms. The molecule has 5 heteroatoms. The van der Waals surface area contributed by atoms with Gasteiger partial charge in [-0.2, -0.15) is 0 Å². The molecular formula is C20H17N3O2. The van der Waals surface area contributed by atoms with Gasteiger partial charge < -0.3 is 10.6 Å². The van der Waals surface area contributed by atoms with Gasteiger partial charge in [0.1, 0.15) is 0 Å². The summed E-state index contributed by atoms with van der Waals surface area (Å²) < 4.78 is 0. The lowest BCUT2D eigenvalue weighted by Gasteiger charge is -2.07. The van der Waals surface area contributed by atoms with Crippen molar-refractivity contribution in [3.8, 4) is 0 Å². The highest BCUT2D eigenvalue weighted by Crippen LogP contribution is 2.10. The average Bonchev–Trinajstić information content (AvgIpc) is 2.68. The number of pyridine rings is 1. The van der Waals surface area contributed by atoms with E-state index in [2.05, 4.69) is 15.6 Å². The van der Waals surface area contributed by atoms with Gasteiger partial charge in [0.25, 0.3) is 11.8 Å². The predicted molar refractivity (Wildman–Crippen MR) is 96.2 cm³/mol. The molecule has 3 rings (SSSR count). The Kier molecular flexibility index (Phi) is 5.16. The average molecular weight is 331 g/mol. The molecule has 1 aromatic heterocycles. The molecule has 5 nitrogen and oxygen atoms in total. The zero-order valence-corrected chi connectivity index (χ0v) is 13.5. The number of nitrogens with one attached hydrogen (secondary N) is 2. The van der Waals surface area contributed by atoms with Crippen LogP contribution >= 0.6 is 0 Å². The zero-order chi connectivity index (χ0) is 17.5. The molecule has 2 aromatic carbocycles. The minimum atomic E-state index is -0.216. The second kappa shape index (κ2) is 7.88. The van der Waals surface area contributed by atoms with Crippen LogP contribution in [0.15, 0.2) is 79.0 Å². The molecule has 0 aliphatic heterocycles. The van der Waals surface area contributed by atoms with Crippen molar-refractivity contribution in [2.45, 2.75) is 6.54 Å².